The molecule has 19 heavy (non-hydrogen) atoms. The Hall–Kier alpha value is -1.94. The summed E-state index contributed by atoms with van der Waals surface area (Å²) in [6, 6.07) is 7.72. The number of halogens is 1. The predicted molar refractivity (Wildman–Crippen MR) is 73.2 cm³/mol. The fraction of sp³-hybridized carbons (Fsp3) is 0.214. The van der Waals surface area contributed by atoms with E-state index in [0.717, 1.165) is 22.6 Å². The smallest absolute Gasteiger partial charge is 0.157 e. The van der Waals surface area contributed by atoms with Gasteiger partial charge in [0.1, 0.15) is 5.15 Å². The van der Waals surface area contributed by atoms with Gasteiger partial charge in [0.15, 0.2) is 5.65 Å². The van der Waals surface area contributed by atoms with Crippen LogP contribution in [-0.4, -0.2) is 19.6 Å². The van der Waals surface area contributed by atoms with Crippen LogP contribution in [-0.2, 0) is 0 Å². The summed E-state index contributed by atoms with van der Waals surface area (Å²) in [5.74, 6) is 0.597. The molecule has 0 bridgehead atoms. The van der Waals surface area contributed by atoms with Gasteiger partial charge in [-0.25, -0.2) is 9.50 Å². The number of hydrogen-bond acceptors (Lipinski definition) is 3. The monoisotopic (exact) mass is 270 g/mol. The summed E-state index contributed by atoms with van der Waals surface area (Å²) in [4.78, 5) is 8.72. The van der Waals surface area contributed by atoms with E-state index in [0.29, 0.717) is 11.1 Å². The molecule has 3 aromatic rings. The Bertz CT molecular complexity index is 747. The number of nitrogens with zero attached hydrogens (tertiary/aromatic N) is 4. The highest BCUT2D eigenvalue weighted by atomic mass is 35.5. The second-order valence-corrected chi connectivity index (χ2v) is 5.21. The van der Waals surface area contributed by atoms with Crippen LogP contribution in [0.1, 0.15) is 24.5 Å². The summed E-state index contributed by atoms with van der Waals surface area (Å²) in [5.41, 5.74) is 3.68. The molecule has 1 aliphatic rings. The van der Waals surface area contributed by atoms with Crippen molar-refractivity contribution in [2.75, 3.05) is 0 Å². The molecule has 4 rings (SSSR count). The molecule has 0 atom stereocenters. The van der Waals surface area contributed by atoms with E-state index in [1.54, 1.807) is 16.9 Å². The first-order chi connectivity index (χ1) is 9.31. The second kappa shape index (κ2) is 4.03. The SMILES string of the molecule is Clc1cc(-c2cccnc2)nc2cc(C3CC3)nn12. The lowest BCUT2D eigenvalue weighted by molar-refractivity contribution is 0.883. The average molecular weight is 271 g/mol. The van der Waals surface area contributed by atoms with Gasteiger partial charge < -0.3 is 0 Å². The van der Waals surface area contributed by atoms with Gasteiger partial charge in [-0.1, -0.05) is 11.6 Å². The van der Waals surface area contributed by atoms with Crippen molar-refractivity contribution in [3.05, 3.63) is 47.5 Å². The van der Waals surface area contributed by atoms with Gasteiger partial charge in [-0.3, -0.25) is 4.98 Å². The van der Waals surface area contributed by atoms with Crippen molar-refractivity contribution >= 4 is 17.2 Å². The molecule has 3 aromatic heterocycles. The molecule has 3 heterocycles. The lowest BCUT2D eigenvalue weighted by Crippen LogP contribution is -1.95. The Morgan fingerprint density at radius 1 is 1.26 bits per heavy atom. The largest absolute Gasteiger partial charge is 0.264 e. The van der Waals surface area contributed by atoms with Crippen molar-refractivity contribution in [1.82, 2.24) is 19.6 Å². The lowest BCUT2D eigenvalue weighted by atomic mass is 10.2. The first-order valence-corrected chi connectivity index (χ1v) is 6.66. The van der Waals surface area contributed by atoms with E-state index < -0.39 is 0 Å². The zero-order valence-corrected chi connectivity index (χ0v) is 10.9. The van der Waals surface area contributed by atoms with Crippen LogP contribution in [0.3, 0.4) is 0 Å². The lowest BCUT2D eigenvalue weighted by Gasteiger charge is -2.02. The molecule has 5 heteroatoms. The first-order valence-electron chi connectivity index (χ1n) is 6.28. The molecule has 0 aromatic carbocycles. The van der Waals surface area contributed by atoms with Crippen LogP contribution in [0.5, 0.6) is 0 Å². The van der Waals surface area contributed by atoms with Gasteiger partial charge in [-0.05, 0) is 25.0 Å². The fourth-order valence-corrected chi connectivity index (χ4v) is 2.42. The van der Waals surface area contributed by atoms with E-state index in [-0.39, 0.29) is 0 Å². The minimum Gasteiger partial charge on any atom is -0.264 e. The molecule has 4 nitrogen and oxygen atoms in total. The summed E-state index contributed by atoms with van der Waals surface area (Å²) in [6.45, 7) is 0. The molecular formula is C14H11ClN4. The molecule has 0 saturated heterocycles. The Balaban J connectivity index is 1.89. The van der Waals surface area contributed by atoms with Crippen LogP contribution in [0.2, 0.25) is 5.15 Å². The third-order valence-electron chi connectivity index (χ3n) is 3.36. The van der Waals surface area contributed by atoms with E-state index in [1.807, 2.05) is 24.3 Å². The number of hydrogen-bond donors (Lipinski definition) is 0. The number of rotatable bonds is 2. The molecule has 0 unspecified atom stereocenters. The van der Waals surface area contributed by atoms with E-state index in [4.69, 9.17) is 11.6 Å². The molecule has 1 aliphatic carbocycles. The van der Waals surface area contributed by atoms with Crippen LogP contribution in [0.4, 0.5) is 0 Å². The van der Waals surface area contributed by atoms with Crippen LogP contribution < -0.4 is 0 Å². The maximum atomic E-state index is 6.29. The van der Waals surface area contributed by atoms with Gasteiger partial charge in [0.05, 0.1) is 11.4 Å². The van der Waals surface area contributed by atoms with Crippen molar-refractivity contribution in [2.24, 2.45) is 0 Å². The van der Waals surface area contributed by atoms with Gasteiger partial charge in [0.25, 0.3) is 0 Å². The van der Waals surface area contributed by atoms with E-state index in [9.17, 15) is 0 Å². The quantitative estimate of drug-likeness (QED) is 0.671. The summed E-state index contributed by atoms with van der Waals surface area (Å²) in [5, 5.41) is 5.10. The third kappa shape index (κ3) is 1.88. The summed E-state index contributed by atoms with van der Waals surface area (Å²) in [6.07, 6.45) is 5.97. The minimum atomic E-state index is 0.579. The first kappa shape index (κ1) is 10.9. The predicted octanol–water partition coefficient (Wildman–Crippen LogP) is 3.32. The van der Waals surface area contributed by atoms with E-state index in [2.05, 4.69) is 15.1 Å². The van der Waals surface area contributed by atoms with Crippen LogP contribution in [0, 0.1) is 0 Å². The standard InChI is InChI=1S/C14H11ClN4/c15-13-6-11(10-2-1-5-16-8-10)17-14-7-12(9-3-4-9)18-19(13)14/h1-2,5-9H,3-4H2. The Morgan fingerprint density at radius 3 is 2.89 bits per heavy atom. The van der Waals surface area contributed by atoms with Crippen molar-refractivity contribution < 1.29 is 0 Å². The normalized spacial score (nSPS) is 15.0. The van der Waals surface area contributed by atoms with Gasteiger partial charge in [-0.15, -0.1) is 0 Å². The highest BCUT2D eigenvalue weighted by Crippen LogP contribution is 2.39. The van der Waals surface area contributed by atoms with Crippen molar-refractivity contribution in [3.63, 3.8) is 0 Å². The van der Waals surface area contributed by atoms with Crippen LogP contribution in [0.25, 0.3) is 16.9 Å². The summed E-state index contributed by atoms with van der Waals surface area (Å²) in [7, 11) is 0. The Labute approximate surface area is 115 Å². The topological polar surface area (TPSA) is 43.1 Å². The number of pyridine rings is 1. The molecule has 1 saturated carbocycles. The van der Waals surface area contributed by atoms with Crippen LogP contribution >= 0.6 is 11.6 Å². The van der Waals surface area contributed by atoms with E-state index in [1.165, 1.54) is 12.8 Å². The maximum Gasteiger partial charge on any atom is 0.157 e. The fourth-order valence-electron chi connectivity index (χ4n) is 2.20. The van der Waals surface area contributed by atoms with Crippen LogP contribution in [0.15, 0.2) is 36.7 Å². The minimum absolute atomic E-state index is 0.579. The van der Waals surface area contributed by atoms with Crippen molar-refractivity contribution in [1.29, 1.82) is 0 Å². The Kier molecular flexibility index (Phi) is 2.32. The third-order valence-corrected chi connectivity index (χ3v) is 3.62. The highest BCUT2D eigenvalue weighted by molar-refractivity contribution is 6.30. The number of aromatic nitrogens is 4. The summed E-state index contributed by atoms with van der Waals surface area (Å²) < 4.78 is 1.70. The molecule has 0 amide bonds. The molecular weight excluding hydrogens is 260 g/mol. The highest BCUT2D eigenvalue weighted by Gasteiger charge is 2.27. The molecule has 0 N–H and O–H groups in total. The molecule has 0 aliphatic heterocycles. The van der Waals surface area contributed by atoms with Gasteiger partial charge in [0.2, 0.25) is 0 Å². The van der Waals surface area contributed by atoms with Gasteiger partial charge >= 0.3 is 0 Å². The molecule has 0 radical (unpaired) electrons. The molecule has 1 fully saturated rings. The van der Waals surface area contributed by atoms with Gasteiger partial charge in [-0.2, -0.15) is 5.10 Å². The maximum absolute atomic E-state index is 6.29. The van der Waals surface area contributed by atoms with Gasteiger partial charge in [0, 0.05) is 36.0 Å². The average Bonchev–Trinajstić information content (AvgIpc) is 3.20. The zero-order chi connectivity index (χ0) is 12.8. The van der Waals surface area contributed by atoms with E-state index >= 15 is 0 Å². The summed E-state index contributed by atoms with van der Waals surface area (Å²) >= 11 is 6.29. The Morgan fingerprint density at radius 2 is 2.16 bits per heavy atom. The molecule has 94 valence electrons. The molecule has 0 spiro atoms. The van der Waals surface area contributed by atoms with Crippen molar-refractivity contribution in [2.45, 2.75) is 18.8 Å². The number of fused-ring (bicyclic) bond motifs is 1. The second-order valence-electron chi connectivity index (χ2n) is 4.82. The van der Waals surface area contributed by atoms with Crippen molar-refractivity contribution in [3.8, 4) is 11.3 Å². The zero-order valence-electron chi connectivity index (χ0n) is 10.1.